The summed E-state index contributed by atoms with van der Waals surface area (Å²) in [6.45, 7) is 1.59. The molecule has 172 valence electrons. The minimum atomic E-state index is -4.19. The summed E-state index contributed by atoms with van der Waals surface area (Å²) in [4.78, 5) is 24.6. The average Bonchev–Trinajstić information content (AvgIpc) is 2.77. The fourth-order valence-electron chi connectivity index (χ4n) is 3.07. The molecule has 3 rings (SSSR count). The van der Waals surface area contributed by atoms with E-state index < -0.39 is 21.8 Å². The van der Waals surface area contributed by atoms with E-state index in [0.717, 1.165) is 12.1 Å². The van der Waals surface area contributed by atoms with Crippen molar-refractivity contribution in [3.63, 3.8) is 0 Å². The Bertz CT molecular complexity index is 1090. The zero-order valence-electron chi connectivity index (χ0n) is 17.1. The van der Waals surface area contributed by atoms with Gasteiger partial charge in [0.05, 0.1) is 36.0 Å². The number of sulfonamides is 1. The van der Waals surface area contributed by atoms with E-state index in [1.54, 1.807) is 17.0 Å². The second-order valence-corrected chi connectivity index (χ2v) is 8.68. The van der Waals surface area contributed by atoms with Crippen LogP contribution in [0.3, 0.4) is 0 Å². The van der Waals surface area contributed by atoms with E-state index in [9.17, 15) is 22.4 Å². The Hall–Kier alpha value is -3.18. The van der Waals surface area contributed by atoms with Crippen LogP contribution in [0, 0.1) is 5.82 Å². The van der Waals surface area contributed by atoms with Gasteiger partial charge in [-0.25, -0.2) is 12.8 Å². The van der Waals surface area contributed by atoms with Crippen molar-refractivity contribution in [2.45, 2.75) is 17.7 Å². The highest BCUT2D eigenvalue weighted by molar-refractivity contribution is 7.92. The van der Waals surface area contributed by atoms with Crippen molar-refractivity contribution in [3.8, 4) is 5.75 Å². The first kappa shape index (κ1) is 23.5. The van der Waals surface area contributed by atoms with Crippen LogP contribution in [0.5, 0.6) is 5.75 Å². The maximum atomic E-state index is 14.3. The van der Waals surface area contributed by atoms with E-state index >= 15 is 0 Å². The summed E-state index contributed by atoms with van der Waals surface area (Å²) in [5.74, 6) is -2.41. The lowest BCUT2D eigenvalue weighted by atomic mass is 10.1. The van der Waals surface area contributed by atoms with Crippen molar-refractivity contribution in [1.29, 1.82) is 0 Å². The number of rotatable bonds is 9. The molecule has 11 heteroatoms. The molecule has 0 aliphatic carbocycles. The largest absolute Gasteiger partial charge is 0.491 e. The zero-order chi connectivity index (χ0) is 23.1. The Kier molecular flexibility index (Phi) is 7.65. The third kappa shape index (κ3) is 5.95. The maximum Gasteiger partial charge on any atom is 0.303 e. The van der Waals surface area contributed by atoms with Gasteiger partial charge in [0.15, 0.2) is 11.6 Å². The number of para-hydroxylation sites is 1. The van der Waals surface area contributed by atoms with Crippen molar-refractivity contribution in [2.75, 3.05) is 37.6 Å². The lowest BCUT2D eigenvalue weighted by Crippen LogP contribution is -2.41. The van der Waals surface area contributed by atoms with E-state index in [2.05, 4.69) is 4.72 Å². The summed E-state index contributed by atoms with van der Waals surface area (Å²) in [7, 11) is -4.19. The molecule has 9 nitrogen and oxygen atoms in total. The Morgan fingerprint density at radius 1 is 1.16 bits per heavy atom. The molecule has 2 aromatic carbocycles. The van der Waals surface area contributed by atoms with Crippen molar-refractivity contribution >= 4 is 27.6 Å². The lowest BCUT2D eigenvalue weighted by molar-refractivity contribution is -0.137. The van der Waals surface area contributed by atoms with E-state index in [-0.39, 0.29) is 47.3 Å². The zero-order valence-corrected chi connectivity index (χ0v) is 17.9. The number of carbonyl (C=O) groups excluding carboxylic acids is 1. The SMILES string of the molecule is O=C(O)CCCOc1ccc(S(=O)(=O)Nc2ccccc2C(=O)N2CCOCC2)cc1F. The number of aliphatic carboxylic acids is 1. The molecule has 1 saturated heterocycles. The Labute approximate surface area is 184 Å². The smallest absolute Gasteiger partial charge is 0.303 e. The number of anilines is 1. The molecule has 0 radical (unpaired) electrons. The van der Waals surface area contributed by atoms with Crippen LogP contribution in [0.25, 0.3) is 0 Å². The highest BCUT2D eigenvalue weighted by Gasteiger charge is 2.24. The topological polar surface area (TPSA) is 122 Å². The number of ether oxygens (including phenoxy) is 2. The molecule has 1 amide bonds. The molecule has 0 unspecified atom stereocenters. The summed E-state index contributed by atoms with van der Waals surface area (Å²) in [5.41, 5.74) is 0.259. The van der Waals surface area contributed by atoms with Crippen molar-refractivity contribution in [3.05, 3.63) is 53.8 Å². The second-order valence-electron chi connectivity index (χ2n) is 6.99. The number of carboxylic acids is 1. The van der Waals surface area contributed by atoms with Gasteiger partial charge in [0, 0.05) is 19.5 Å². The highest BCUT2D eigenvalue weighted by atomic mass is 32.2. The van der Waals surface area contributed by atoms with Crippen LogP contribution in [0.4, 0.5) is 10.1 Å². The number of halogens is 1. The van der Waals surface area contributed by atoms with Gasteiger partial charge in [-0.1, -0.05) is 12.1 Å². The van der Waals surface area contributed by atoms with E-state index in [4.69, 9.17) is 14.6 Å². The van der Waals surface area contributed by atoms with Gasteiger partial charge in [0.25, 0.3) is 15.9 Å². The summed E-state index contributed by atoms with van der Waals surface area (Å²) in [6, 6.07) is 9.33. The third-order valence-corrected chi connectivity index (χ3v) is 6.07. The van der Waals surface area contributed by atoms with Crippen LogP contribution in [0.15, 0.2) is 47.4 Å². The monoisotopic (exact) mass is 466 g/mol. The summed E-state index contributed by atoms with van der Waals surface area (Å²) in [6.07, 6.45) is 0.0604. The minimum absolute atomic E-state index is 0.0232. The van der Waals surface area contributed by atoms with Crippen LogP contribution < -0.4 is 9.46 Å². The van der Waals surface area contributed by atoms with Crippen LogP contribution in [0.1, 0.15) is 23.2 Å². The number of carboxylic acid groups (broad SMARTS) is 1. The van der Waals surface area contributed by atoms with Gasteiger partial charge in [-0.2, -0.15) is 0 Å². The fourth-order valence-corrected chi connectivity index (χ4v) is 4.16. The predicted octanol–water partition coefficient (Wildman–Crippen LogP) is 2.34. The van der Waals surface area contributed by atoms with E-state index in [1.807, 2.05) is 0 Å². The number of hydrogen-bond acceptors (Lipinski definition) is 6. The molecule has 2 N–H and O–H groups in total. The molecule has 32 heavy (non-hydrogen) atoms. The van der Waals surface area contributed by atoms with Gasteiger partial charge in [0.2, 0.25) is 0 Å². The lowest BCUT2D eigenvalue weighted by Gasteiger charge is -2.27. The van der Waals surface area contributed by atoms with Gasteiger partial charge in [0.1, 0.15) is 0 Å². The molecule has 1 heterocycles. The fraction of sp³-hybridized carbons (Fsp3) is 0.333. The summed E-state index contributed by atoms with van der Waals surface area (Å²) < 4.78 is 52.8. The standard InChI is InChI=1S/C21H23FN2O7S/c22-17-14-15(7-8-19(17)31-11-3-6-20(25)26)32(28,29)23-18-5-2-1-4-16(18)21(27)24-9-12-30-13-10-24/h1-2,4-5,7-8,14,23H,3,6,9-13H2,(H,25,26). The summed E-state index contributed by atoms with van der Waals surface area (Å²) >= 11 is 0. The van der Waals surface area contributed by atoms with Gasteiger partial charge in [-0.3, -0.25) is 14.3 Å². The average molecular weight is 466 g/mol. The van der Waals surface area contributed by atoms with Crippen molar-refractivity contribution < 1.29 is 37.0 Å². The van der Waals surface area contributed by atoms with Crippen LogP contribution in [0.2, 0.25) is 0 Å². The van der Waals surface area contributed by atoms with Crippen LogP contribution in [-0.4, -0.2) is 63.2 Å². The molecular weight excluding hydrogens is 443 g/mol. The molecular formula is C21H23FN2O7S. The third-order valence-electron chi connectivity index (χ3n) is 4.71. The molecule has 2 aromatic rings. The number of morpholine rings is 1. The number of nitrogens with zero attached hydrogens (tertiary/aromatic N) is 1. The Balaban J connectivity index is 1.74. The Morgan fingerprint density at radius 3 is 2.56 bits per heavy atom. The predicted molar refractivity (Wildman–Crippen MR) is 113 cm³/mol. The first-order valence-corrected chi connectivity index (χ1v) is 11.4. The van der Waals surface area contributed by atoms with Gasteiger partial charge >= 0.3 is 5.97 Å². The van der Waals surface area contributed by atoms with E-state index in [1.165, 1.54) is 18.2 Å². The molecule has 0 aromatic heterocycles. The maximum absolute atomic E-state index is 14.3. The number of amides is 1. The van der Waals surface area contributed by atoms with Gasteiger partial charge < -0.3 is 19.5 Å². The number of hydrogen-bond donors (Lipinski definition) is 2. The number of benzene rings is 2. The van der Waals surface area contributed by atoms with Crippen LogP contribution in [-0.2, 0) is 19.6 Å². The molecule has 1 aliphatic heterocycles. The van der Waals surface area contributed by atoms with Crippen molar-refractivity contribution in [2.24, 2.45) is 0 Å². The number of carbonyl (C=O) groups is 2. The van der Waals surface area contributed by atoms with Crippen molar-refractivity contribution in [1.82, 2.24) is 4.90 Å². The van der Waals surface area contributed by atoms with E-state index in [0.29, 0.717) is 26.3 Å². The molecule has 0 bridgehead atoms. The van der Waals surface area contributed by atoms with Gasteiger partial charge in [-0.15, -0.1) is 0 Å². The highest BCUT2D eigenvalue weighted by Crippen LogP contribution is 2.25. The first-order chi connectivity index (χ1) is 15.3. The number of nitrogens with one attached hydrogen (secondary N) is 1. The molecule has 0 saturated carbocycles. The Morgan fingerprint density at radius 2 is 1.88 bits per heavy atom. The van der Waals surface area contributed by atoms with Crippen LogP contribution >= 0.6 is 0 Å². The normalized spacial score (nSPS) is 14.1. The molecule has 0 atom stereocenters. The van der Waals surface area contributed by atoms with Gasteiger partial charge in [-0.05, 0) is 36.8 Å². The molecule has 1 fully saturated rings. The second kappa shape index (κ2) is 10.4. The molecule has 0 spiro atoms. The quantitative estimate of drug-likeness (QED) is 0.544. The molecule has 1 aliphatic rings. The minimum Gasteiger partial charge on any atom is -0.491 e. The summed E-state index contributed by atoms with van der Waals surface area (Å²) in [5, 5.41) is 8.61. The first-order valence-electron chi connectivity index (χ1n) is 9.91.